The molecule has 0 radical (unpaired) electrons. The van der Waals surface area contributed by atoms with Crippen LogP contribution in [-0.4, -0.2) is 38.0 Å². The van der Waals surface area contributed by atoms with Crippen molar-refractivity contribution < 1.29 is 13.2 Å². The lowest BCUT2D eigenvalue weighted by atomic mass is 9.97. The van der Waals surface area contributed by atoms with Gasteiger partial charge in [0.2, 0.25) is 0 Å². The highest BCUT2D eigenvalue weighted by Crippen LogP contribution is 2.38. The van der Waals surface area contributed by atoms with E-state index in [0.29, 0.717) is 23.5 Å². The Labute approximate surface area is 151 Å². The van der Waals surface area contributed by atoms with Gasteiger partial charge in [0.1, 0.15) is 5.75 Å². The Morgan fingerprint density at radius 1 is 1.24 bits per heavy atom. The molecule has 2 aliphatic rings. The van der Waals surface area contributed by atoms with Crippen LogP contribution in [-0.2, 0) is 10.0 Å². The predicted molar refractivity (Wildman–Crippen MR) is 97.6 cm³/mol. The number of piperidine rings is 1. The molecule has 0 bridgehead atoms. The Balaban J connectivity index is 1.61. The van der Waals surface area contributed by atoms with Gasteiger partial charge in [0.05, 0.1) is 11.5 Å². The third kappa shape index (κ3) is 3.51. The summed E-state index contributed by atoms with van der Waals surface area (Å²) in [5.74, 6) is 0.684. The minimum absolute atomic E-state index is 0.209. The number of sulfonamides is 1. The van der Waals surface area contributed by atoms with Crippen molar-refractivity contribution in [3.63, 3.8) is 0 Å². The smallest absolute Gasteiger partial charge is 0.263 e. The predicted octanol–water partition coefficient (Wildman–Crippen LogP) is 3.25. The summed E-state index contributed by atoms with van der Waals surface area (Å²) < 4.78 is 33.4. The molecule has 2 aliphatic heterocycles. The molecule has 1 aromatic carbocycles. The molecule has 8 heteroatoms. The van der Waals surface area contributed by atoms with Crippen molar-refractivity contribution in [2.24, 2.45) is 0 Å². The first-order valence-corrected chi connectivity index (χ1v) is 10.9. The number of rotatable bonds is 4. The molecule has 1 saturated heterocycles. The molecular weight excluding hydrogens is 358 g/mol. The number of fused-ring (bicyclic) bond motifs is 1. The van der Waals surface area contributed by atoms with Crippen molar-refractivity contribution >= 4 is 26.5 Å². The molecular formula is C17H21N3O3S2. The molecule has 1 atom stereocenters. The molecule has 0 amide bonds. The number of benzene rings is 1. The van der Waals surface area contributed by atoms with Crippen LogP contribution < -0.4 is 9.46 Å². The number of ether oxygens (including phenoxy) is 1. The fourth-order valence-electron chi connectivity index (χ4n) is 3.58. The van der Waals surface area contributed by atoms with Gasteiger partial charge in [0.25, 0.3) is 10.0 Å². The summed E-state index contributed by atoms with van der Waals surface area (Å²) in [5.41, 5.74) is 1.10. The number of anilines is 1. The van der Waals surface area contributed by atoms with Crippen molar-refractivity contribution in [1.29, 1.82) is 0 Å². The quantitative estimate of drug-likeness (QED) is 0.883. The Morgan fingerprint density at radius 3 is 2.84 bits per heavy atom. The number of aromatic nitrogens is 1. The molecule has 0 spiro atoms. The normalized spacial score (nSPS) is 21.4. The van der Waals surface area contributed by atoms with Crippen LogP contribution in [0.2, 0.25) is 0 Å². The van der Waals surface area contributed by atoms with E-state index in [1.54, 1.807) is 23.7 Å². The van der Waals surface area contributed by atoms with E-state index >= 15 is 0 Å². The Hall–Kier alpha value is -1.64. The summed E-state index contributed by atoms with van der Waals surface area (Å²) in [4.78, 5) is 6.69. The highest BCUT2D eigenvalue weighted by molar-refractivity contribution is 7.93. The first-order valence-electron chi connectivity index (χ1n) is 8.56. The first-order chi connectivity index (χ1) is 12.1. The van der Waals surface area contributed by atoms with Gasteiger partial charge < -0.3 is 4.74 Å². The van der Waals surface area contributed by atoms with Crippen molar-refractivity contribution in [2.75, 3.05) is 24.4 Å². The zero-order valence-electron chi connectivity index (χ0n) is 13.8. The van der Waals surface area contributed by atoms with Crippen LogP contribution in [0.25, 0.3) is 0 Å². The average Bonchev–Trinajstić information content (AvgIpc) is 3.14. The third-order valence-electron chi connectivity index (χ3n) is 4.79. The summed E-state index contributed by atoms with van der Waals surface area (Å²) in [7, 11) is -3.65. The molecule has 1 N–H and O–H groups in total. The summed E-state index contributed by atoms with van der Waals surface area (Å²) in [6, 6.07) is 5.54. The van der Waals surface area contributed by atoms with Gasteiger partial charge in [-0.2, -0.15) is 0 Å². The standard InChI is InChI=1S/C17H21N3O3S2/c21-25(22,19-17-18-7-11-24-17)13-4-5-14-15(6-10-23-16(14)12-13)20-8-2-1-3-9-20/h4-5,7,11-12,15H,1-3,6,8-10H2,(H,18,19)/t15-/m1/s1. The highest BCUT2D eigenvalue weighted by Gasteiger charge is 2.29. The maximum atomic E-state index is 12.6. The maximum absolute atomic E-state index is 12.6. The summed E-state index contributed by atoms with van der Waals surface area (Å²) in [5, 5.41) is 2.10. The lowest BCUT2D eigenvalue weighted by Crippen LogP contribution is -2.36. The number of likely N-dealkylation sites (tertiary alicyclic amines) is 1. The second-order valence-electron chi connectivity index (χ2n) is 6.39. The molecule has 1 aromatic heterocycles. The summed E-state index contributed by atoms with van der Waals surface area (Å²) >= 11 is 1.25. The van der Waals surface area contributed by atoms with Crippen molar-refractivity contribution in [1.82, 2.24) is 9.88 Å². The molecule has 134 valence electrons. The van der Waals surface area contributed by atoms with Crippen LogP contribution in [0.5, 0.6) is 5.75 Å². The van der Waals surface area contributed by atoms with Gasteiger partial charge in [-0.15, -0.1) is 11.3 Å². The Bertz CT molecular complexity index is 831. The number of hydrogen-bond donors (Lipinski definition) is 1. The van der Waals surface area contributed by atoms with E-state index in [4.69, 9.17) is 4.74 Å². The molecule has 0 aliphatic carbocycles. The molecule has 25 heavy (non-hydrogen) atoms. The summed E-state index contributed by atoms with van der Waals surface area (Å²) in [6.07, 6.45) is 6.29. The summed E-state index contributed by atoms with van der Waals surface area (Å²) in [6.45, 7) is 2.84. The molecule has 1 fully saturated rings. The van der Waals surface area contributed by atoms with Crippen molar-refractivity contribution in [3.05, 3.63) is 35.3 Å². The van der Waals surface area contributed by atoms with Crippen molar-refractivity contribution in [2.45, 2.75) is 36.6 Å². The van der Waals surface area contributed by atoms with E-state index in [-0.39, 0.29) is 4.90 Å². The minimum atomic E-state index is -3.65. The third-order valence-corrected chi connectivity index (χ3v) is 6.94. The van der Waals surface area contributed by atoms with Crippen LogP contribution >= 0.6 is 11.3 Å². The van der Waals surface area contributed by atoms with Gasteiger partial charge in [0, 0.05) is 35.7 Å². The van der Waals surface area contributed by atoms with Crippen LogP contribution in [0.1, 0.15) is 37.3 Å². The van der Waals surface area contributed by atoms with Gasteiger partial charge in [-0.1, -0.05) is 12.5 Å². The number of nitrogens with one attached hydrogen (secondary N) is 1. The van der Waals surface area contributed by atoms with Gasteiger partial charge in [0.15, 0.2) is 5.13 Å². The Kier molecular flexibility index (Phi) is 4.66. The number of thiazole rings is 1. The van der Waals surface area contributed by atoms with Gasteiger partial charge in [-0.3, -0.25) is 9.62 Å². The SMILES string of the molecule is O=S(=O)(Nc1nccs1)c1ccc2c(c1)OCC[C@H]2N1CCCCC1. The van der Waals surface area contributed by atoms with Crippen LogP contribution in [0, 0.1) is 0 Å². The zero-order chi connectivity index (χ0) is 17.3. The second kappa shape index (κ2) is 6.93. The van der Waals surface area contributed by atoms with E-state index in [1.165, 1.54) is 30.6 Å². The number of hydrogen-bond acceptors (Lipinski definition) is 6. The van der Waals surface area contributed by atoms with Crippen LogP contribution in [0.4, 0.5) is 5.13 Å². The zero-order valence-corrected chi connectivity index (χ0v) is 15.5. The van der Waals surface area contributed by atoms with E-state index in [0.717, 1.165) is 25.1 Å². The van der Waals surface area contributed by atoms with Crippen LogP contribution in [0.3, 0.4) is 0 Å². The van der Waals surface area contributed by atoms with Crippen molar-refractivity contribution in [3.8, 4) is 5.75 Å². The Morgan fingerprint density at radius 2 is 2.08 bits per heavy atom. The van der Waals surface area contributed by atoms with E-state index in [2.05, 4.69) is 14.6 Å². The largest absolute Gasteiger partial charge is 0.493 e. The molecule has 4 rings (SSSR count). The minimum Gasteiger partial charge on any atom is -0.493 e. The van der Waals surface area contributed by atoms with Gasteiger partial charge in [-0.05, 0) is 32.0 Å². The van der Waals surface area contributed by atoms with E-state index in [9.17, 15) is 8.42 Å². The first kappa shape index (κ1) is 16.8. The topological polar surface area (TPSA) is 71.5 Å². The van der Waals surface area contributed by atoms with Gasteiger partial charge >= 0.3 is 0 Å². The second-order valence-corrected chi connectivity index (χ2v) is 8.97. The lowest BCUT2D eigenvalue weighted by molar-refractivity contribution is 0.119. The van der Waals surface area contributed by atoms with Crippen LogP contribution in [0.15, 0.2) is 34.7 Å². The fraction of sp³-hybridized carbons (Fsp3) is 0.471. The van der Waals surface area contributed by atoms with E-state index in [1.807, 2.05) is 6.07 Å². The molecule has 0 saturated carbocycles. The fourth-order valence-corrected chi connectivity index (χ4v) is 5.38. The molecule has 2 aromatic rings. The van der Waals surface area contributed by atoms with E-state index < -0.39 is 10.0 Å². The lowest BCUT2D eigenvalue weighted by Gasteiger charge is -2.38. The van der Waals surface area contributed by atoms with Gasteiger partial charge in [-0.25, -0.2) is 13.4 Å². The number of nitrogens with zero attached hydrogens (tertiary/aromatic N) is 2. The monoisotopic (exact) mass is 379 g/mol. The highest BCUT2D eigenvalue weighted by atomic mass is 32.2. The average molecular weight is 380 g/mol. The molecule has 0 unspecified atom stereocenters. The molecule has 3 heterocycles. The molecule has 6 nitrogen and oxygen atoms in total. The maximum Gasteiger partial charge on any atom is 0.263 e.